The third-order valence-corrected chi connectivity index (χ3v) is 7.91. The van der Waals surface area contributed by atoms with Gasteiger partial charge < -0.3 is 29.6 Å². The molecule has 4 aromatic carbocycles. The standard InChI is InChI=1S/C35H31N5O6S/c1-22-8-12-25(13-9-22)37-33(41)19-46-31-14-10-23(16-32(31)44-3)18-36-40-28(24-11-15-30-27(17-24)38-34(42)20-45-30)21-47-35(40)39-26-6-4-5-7-29(26)43-2/h4-18,21H,19-20H2,1-3H3,(H,37,41)(H,38,42)/b36-18+,39-35?. The molecule has 1 aliphatic rings. The van der Waals surface area contributed by atoms with Gasteiger partial charge in [0.15, 0.2) is 24.7 Å². The smallest absolute Gasteiger partial charge is 0.262 e. The number of methoxy groups -OCH3 is 2. The number of nitrogens with zero attached hydrogens (tertiary/aromatic N) is 3. The van der Waals surface area contributed by atoms with Crippen LogP contribution in [-0.2, 0) is 9.59 Å². The monoisotopic (exact) mass is 649 g/mol. The quantitative estimate of drug-likeness (QED) is 0.179. The predicted octanol–water partition coefficient (Wildman–Crippen LogP) is 6.01. The first-order valence-electron chi connectivity index (χ1n) is 14.6. The van der Waals surface area contributed by atoms with E-state index in [1.807, 2.05) is 85.1 Å². The van der Waals surface area contributed by atoms with Crippen molar-refractivity contribution in [2.24, 2.45) is 10.1 Å². The number of rotatable bonds is 10. The van der Waals surface area contributed by atoms with Gasteiger partial charge in [0.1, 0.15) is 17.2 Å². The molecule has 2 N–H and O–H groups in total. The van der Waals surface area contributed by atoms with Crippen LogP contribution in [0.15, 0.2) is 100 Å². The molecule has 11 nitrogen and oxygen atoms in total. The zero-order valence-corrected chi connectivity index (χ0v) is 26.7. The third-order valence-electron chi connectivity index (χ3n) is 7.10. The van der Waals surface area contributed by atoms with E-state index in [1.54, 1.807) is 30.1 Å². The molecule has 12 heteroatoms. The van der Waals surface area contributed by atoms with Crippen molar-refractivity contribution in [3.63, 3.8) is 0 Å². The minimum Gasteiger partial charge on any atom is -0.494 e. The molecule has 0 fully saturated rings. The summed E-state index contributed by atoms with van der Waals surface area (Å²) in [6, 6.07) is 25.9. The molecular weight excluding hydrogens is 618 g/mol. The highest BCUT2D eigenvalue weighted by atomic mass is 32.1. The zero-order valence-electron chi connectivity index (χ0n) is 25.9. The molecule has 47 heavy (non-hydrogen) atoms. The summed E-state index contributed by atoms with van der Waals surface area (Å²) in [4.78, 5) is 29.9. The summed E-state index contributed by atoms with van der Waals surface area (Å²) in [5.74, 6) is 1.57. The van der Waals surface area contributed by atoms with E-state index in [9.17, 15) is 9.59 Å². The van der Waals surface area contributed by atoms with E-state index in [0.29, 0.717) is 44.9 Å². The summed E-state index contributed by atoms with van der Waals surface area (Å²) in [6.07, 6.45) is 1.68. The number of hydrogen-bond acceptors (Lipinski definition) is 9. The molecule has 5 aromatic rings. The fourth-order valence-corrected chi connectivity index (χ4v) is 5.59. The third kappa shape index (κ3) is 7.34. The molecule has 1 aromatic heterocycles. The van der Waals surface area contributed by atoms with Gasteiger partial charge in [-0.2, -0.15) is 5.10 Å². The van der Waals surface area contributed by atoms with Crippen molar-refractivity contribution >= 4 is 46.4 Å². The van der Waals surface area contributed by atoms with Gasteiger partial charge in [0.25, 0.3) is 11.8 Å². The molecule has 0 saturated carbocycles. The van der Waals surface area contributed by atoms with E-state index in [-0.39, 0.29) is 25.0 Å². The second-order valence-electron chi connectivity index (χ2n) is 10.4. The fourth-order valence-electron chi connectivity index (χ4n) is 4.74. The number of thiazole rings is 1. The number of para-hydroxylation sites is 2. The van der Waals surface area contributed by atoms with Crippen molar-refractivity contribution in [2.75, 3.05) is 38.1 Å². The fraction of sp³-hybridized carbons (Fsp3) is 0.143. The minimum absolute atomic E-state index is 0.0229. The number of carbonyl (C=O) groups is 2. The van der Waals surface area contributed by atoms with Crippen LogP contribution in [0.2, 0.25) is 0 Å². The van der Waals surface area contributed by atoms with Crippen molar-refractivity contribution in [3.05, 3.63) is 106 Å². The van der Waals surface area contributed by atoms with Gasteiger partial charge in [-0.25, -0.2) is 9.67 Å². The number of benzene rings is 4. The van der Waals surface area contributed by atoms with Crippen molar-refractivity contribution in [1.82, 2.24) is 4.68 Å². The Morgan fingerprint density at radius 3 is 2.62 bits per heavy atom. The molecule has 0 unspecified atom stereocenters. The van der Waals surface area contributed by atoms with Gasteiger partial charge >= 0.3 is 0 Å². The Morgan fingerprint density at radius 2 is 1.81 bits per heavy atom. The van der Waals surface area contributed by atoms with Crippen LogP contribution < -0.4 is 34.4 Å². The number of anilines is 2. The average molecular weight is 650 g/mol. The van der Waals surface area contributed by atoms with Gasteiger partial charge in [-0.15, -0.1) is 11.3 Å². The maximum absolute atomic E-state index is 12.5. The molecule has 0 saturated heterocycles. The first-order chi connectivity index (χ1) is 22.9. The molecule has 0 aliphatic carbocycles. The maximum atomic E-state index is 12.5. The van der Waals surface area contributed by atoms with Gasteiger partial charge in [-0.3, -0.25) is 9.59 Å². The molecule has 0 radical (unpaired) electrons. The predicted molar refractivity (Wildman–Crippen MR) is 181 cm³/mol. The highest BCUT2D eigenvalue weighted by molar-refractivity contribution is 7.07. The Bertz CT molecular complexity index is 2030. The number of hydrogen-bond donors (Lipinski definition) is 2. The van der Waals surface area contributed by atoms with Crippen molar-refractivity contribution < 1.29 is 28.5 Å². The average Bonchev–Trinajstić information content (AvgIpc) is 3.49. The molecule has 238 valence electrons. The topological polar surface area (TPSA) is 125 Å². The van der Waals surface area contributed by atoms with E-state index in [0.717, 1.165) is 22.4 Å². The Hall–Kier alpha value is -5.88. The van der Waals surface area contributed by atoms with Gasteiger partial charge in [0.05, 0.1) is 31.8 Å². The lowest BCUT2D eigenvalue weighted by atomic mass is 10.1. The maximum Gasteiger partial charge on any atom is 0.262 e. The molecular formula is C35H31N5O6S. The van der Waals surface area contributed by atoms with E-state index in [2.05, 4.69) is 10.6 Å². The van der Waals surface area contributed by atoms with E-state index in [4.69, 9.17) is 29.0 Å². The summed E-state index contributed by atoms with van der Waals surface area (Å²) >= 11 is 1.40. The Kier molecular flexibility index (Phi) is 9.30. The van der Waals surface area contributed by atoms with Gasteiger partial charge in [-0.1, -0.05) is 29.8 Å². The minimum atomic E-state index is -0.289. The van der Waals surface area contributed by atoms with Crippen LogP contribution in [0.5, 0.6) is 23.0 Å². The summed E-state index contributed by atoms with van der Waals surface area (Å²) in [5, 5.41) is 12.4. The van der Waals surface area contributed by atoms with Crippen LogP contribution in [-0.4, -0.2) is 50.1 Å². The largest absolute Gasteiger partial charge is 0.494 e. The number of carbonyl (C=O) groups excluding carboxylic acids is 2. The number of nitrogens with one attached hydrogen (secondary N) is 2. The number of aryl methyl sites for hydroxylation is 1. The van der Waals surface area contributed by atoms with E-state index < -0.39 is 0 Å². The van der Waals surface area contributed by atoms with Crippen LogP contribution in [0.4, 0.5) is 17.1 Å². The number of amides is 2. The lowest BCUT2D eigenvalue weighted by Gasteiger charge is -2.18. The second kappa shape index (κ2) is 14.0. The van der Waals surface area contributed by atoms with Crippen LogP contribution in [0, 0.1) is 6.92 Å². The van der Waals surface area contributed by atoms with E-state index >= 15 is 0 Å². The lowest BCUT2D eigenvalue weighted by Crippen LogP contribution is -2.25. The molecule has 2 amide bonds. The lowest BCUT2D eigenvalue weighted by molar-refractivity contribution is -0.119. The first-order valence-corrected chi connectivity index (χ1v) is 15.4. The van der Waals surface area contributed by atoms with Gasteiger partial charge in [-0.05, 0) is 73.2 Å². The number of aromatic nitrogens is 1. The summed E-state index contributed by atoms with van der Waals surface area (Å²) < 4.78 is 24.1. The van der Waals surface area contributed by atoms with Crippen LogP contribution in [0.1, 0.15) is 11.1 Å². The van der Waals surface area contributed by atoms with Crippen molar-refractivity contribution in [3.8, 4) is 34.3 Å². The van der Waals surface area contributed by atoms with Crippen molar-refractivity contribution in [2.45, 2.75) is 6.92 Å². The summed E-state index contributed by atoms with van der Waals surface area (Å²) in [6.45, 7) is 1.77. The Labute approximate surface area is 274 Å². The highest BCUT2D eigenvalue weighted by Crippen LogP contribution is 2.34. The van der Waals surface area contributed by atoms with E-state index in [1.165, 1.54) is 18.4 Å². The normalized spacial score (nSPS) is 12.7. The highest BCUT2D eigenvalue weighted by Gasteiger charge is 2.18. The van der Waals surface area contributed by atoms with Gasteiger partial charge in [0, 0.05) is 16.6 Å². The molecule has 0 bridgehead atoms. The second-order valence-corrected chi connectivity index (χ2v) is 11.2. The molecule has 0 atom stereocenters. The van der Waals surface area contributed by atoms with Gasteiger partial charge in [0.2, 0.25) is 4.80 Å². The number of ether oxygens (including phenoxy) is 4. The summed E-state index contributed by atoms with van der Waals surface area (Å²) in [7, 11) is 3.13. The van der Waals surface area contributed by atoms with Crippen LogP contribution in [0.25, 0.3) is 11.3 Å². The SMILES string of the molecule is COc1ccccc1N=c1scc(-c2ccc3c(c2)NC(=O)CO3)n1/N=C/c1ccc(OCC(=O)Nc2ccc(C)cc2)c(OC)c1. The summed E-state index contributed by atoms with van der Waals surface area (Å²) in [5.41, 5.74) is 5.29. The Balaban J connectivity index is 1.29. The Morgan fingerprint density at radius 1 is 1.00 bits per heavy atom. The van der Waals surface area contributed by atoms with Crippen molar-refractivity contribution in [1.29, 1.82) is 0 Å². The van der Waals surface area contributed by atoms with Crippen LogP contribution >= 0.6 is 11.3 Å². The molecule has 1 aliphatic heterocycles. The first kappa shape index (κ1) is 31.1. The zero-order chi connectivity index (χ0) is 32.8. The van der Waals surface area contributed by atoms with Crippen LogP contribution in [0.3, 0.4) is 0 Å². The molecule has 2 heterocycles. The molecule has 0 spiro atoms. The number of fused-ring (bicyclic) bond motifs is 1. The molecule has 6 rings (SSSR count).